The Morgan fingerprint density at radius 2 is 1.69 bits per heavy atom. The number of esters is 1. The van der Waals surface area contributed by atoms with E-state index in [9.17, 15) is 18.0 Å². The van der Waals surface area contributed by atoms with Crippen molar-refractivity contribution in [3.05, 3.63) is 59.7 Å². The largest absolute Gasteiger partial charge is 0.495 e. The van der Waals surface area contributed by atoms with Crippen molar-refractivity contribution in [1.82, 2.24) is 4.72 Å². The lowest BCUT2D eigenvalue weighted by atomic mass is 10.1. The second-order valence-corrected chi connectivity index (χ2v) is 7.19. The van der Waals surface area contributed by atoms with E-state index in [1.54, 1.807) is 30.3 Å². The quantitative estimate of drug-likeness (QED) is 0.706. The molecular formula is C18H19NO6S. The number of ether oxygens (including phenoxy) is 2. The molecule has 1 N–H and O–H groups in total. The number of para-hydroxylation sites is 1. The summed E-state index contributed by atoms with van der Waals surface area (Å²) in [6.45, 7) is 1.09. The molecule has 0 aliphatic rings. The maximum atomic E-state index is 12.4. The Bertz CT molecular complexity index is 890. The summed E-state index contributed by atoms with van der Waals surface area (Å²) < 4.78 is 37.2. The molecule has 2 aromatic rings. The molecular weight excluding hydrogens is 358 g/mol. The summed E-state index contributed by atoms with van der Waals surface area (Å²) in [5.74, 6) is -0.606. The molecule has 0 saturated carbocycles. The van der Waals surface area contributed by atoms with Gasteiger partial charge in [-0.15, -0.1) is 0 Å². The number of hydrogen-bond acceptors (Lipinski definition) is 6. The van der Waals surface area contributed by atoms with Gasteiger partial charge in [0.1, 0.15) is 17.3 Å². The van der Waals surface area contributed by atoms with Crippen molar-refractivity contribution in [3.63, 3.8) is 0 Å². The first-order valence-electron chi connectivity index (χ1n) is 7.71. The number of carbonyl (C=O) groups excluding carboxylic acids is 2. The van der Waals surface area contributed by atoms with Gasteiger partial charge in [-0.2, -0.15) is 0 Å². The molecule has 0 aliphatic heterocycles. The van der Waals surface area contributed by atoms with E-state index in [2.05, 4.69) is 4.72 Å². The highest BCUT2D eigenvalue weighted by atomic mass is 32.2. The highest BCUT2D eigenvalue weighted by Crippen LogP contribution is 2.22. The van der Waals surface area contributed by atoms with Crippen LogP contribution in [-0.4, -0.2) is 33.9 Å². The molecule has 26 heavy (non-hydrogen) atoms. The van der Waals surface area contributed by atoms with E-state index in [-0.39, 0.29) is 35.1 Å². The maximum Gasteiger partial charge on any atom is 0.338 e. The van der Waals surface area contributed by atoms with Crippen molar-refractivity contribution >= 4 is 21.8 Å². The average Bonchev–Trinajstić information content (AvgIpc) is 2.64. The van der Waals surface area contributed by atoms with Crippen molar-refractivity contribution in [2.24, 2.45) is 0 Å². The standard InChI is InChI=1S/C18H19NO6S/c1-13(20)12-25-18(21)15-9-7-14(8-10-15)11-19-26(22,23)17-6-4-3-5-16(17)24-2/h3-10,19H,11-12H2,1-2H3. The van der Waals surface area contributed by atoms with Crippen molar-refractivity contribution in [3.8, 4) is 5.75 Å². The smallest absolute Gasteiger partial charge is 0.338 e. The van der Waals surface area contributed by atoms with Gasteiger partial charge in [-0.05, 0) is 36.8 Å². The monoisotopic (exact) mass is 377 g/mol. The van der Waals surface area contributed by atoms with Gasteiger partial charge < -0.3 is 9.47 Å². The lowest BCUT2D eigenvalue weighted by Crippen LogP contribution is -2.23. The van der Waals surface area contributed by atoms with E-state index < -0.39 is 16.0 Å². The fourth-order valence-electron chi connectivity index (χ4n) is 2.11. The molecule has 0 aromatic heterocycles. The zero-order valence-electron chi connectivity index (χ0n) is 14.4. The number of ketones is 1. The molecule has 0 saturated heterocycles. The normalized spacial score (nSPS) is 11.0. The van der Waals surface area contributed by atoms with Crippen LogP contribution in [0.5, 0.6) is 5.75 Å². The molecule has 138 valence electrons. The van der Waals surface area contributed by atoms with Crippen LogP contribution in [0, 0.1) is 0 Å². The minimum absolute atomic E-state index is 0.0448. The number of sulfonamides is 1. The summed E-state index contributed by atoms with van der Waals surface area (Å²) in [6, 6.07) is 12.5. The van der Waals surface area contributed by atoms with Crippen LogP contribution in [0.2, 0.25) is 0 Å². The lowest BCUT2D eigenvalue weighted by Gasteiger charge is -2.10. The Morgan fingerprint density at radius 3 is 2.31 bits per heavy atom. The van der Waals surface area contributed by atoms with Crippen LogP contribution in [0.3, 0.4) is 0 Å². The summed E-state index contributed by atoms with van der Waals surface area (Å²) in [4.78, 5) is 22.6. The number of Topliss-reactive ketones (excluding diaryl/α,β-unsaturated/α-hetero) is 1. The zero-order chi connectivity index (χ0) is 19.2. The van der Waals surface area contributed by atoms with Crippen molar-refractivity contribution in [2.75, 3.05) is 13.7 Å². The van der Waals surface area contributed by atoms with Gasteiger partial charge in [-0.1, -0.05) is 24.3 Å². The van der Waals surface area contributed by atoms with E-state index in [0.29, 0.717) is 5.56 Å². The third-order valence-corrected chi connectivity index (χ3v) is 4.86. The second-order valence-electron chi connectivity index (χ2n) is 5.45. The minimum Gasteiger partial charge on any atom is -0.495 e. The summed E-state index contributed by atoms with van der Waals surface area (Å²) in [5, 5.41) is 0. The van der Waals surface area contributed by atoms with Crippen LogP contribution in [-0.2, 0) is 26.1 Å². The predicted molar refractivity (Wildman–Crippen MR) is 94.4 cm³/mol. The summed E-state index contributed by atoms with van der Waals surface area (Å²) in [5.41, 5.74) is 0.939. The molecule has 7 nitrogen and oxygen atoms in total. The van der Waals surface area contributed by atoms with E-state index in [1.807, 2.05) is 0 Å². The van der Waals surface area contributed by atoms with Gasteiger partial charge in [0.25, 0.3) is 0 Å². The summed E-state index contributed by atoms with van der Waals surface area (Å²) in [7, 11) is -2.35. The molecule has 0 bridgehead atoms. The van der Waals surface area contributed by atoms with Crippen molar-refractivity contribution in [2.45, 2.75) is 18.4 Å². The SMILES string of the molecule is COc1ccccc1S(=O)(=O)NCc1ccc(C(=O)OCC(C)=O)cc1. The summed E-state index contributed by atoms with van der Waals surface area (Å²) in [6.07, 6.45) is 0. The van der Waals surface area contributed by atoms with E-state index in [4.69, 9.17) is 9.47 Å². The second kappa shape index (κ2) is 8.59. The van der Waals surface area contributed by atoms with Crippen LogP contribution in [0.4, 0.5) is 0 Å². The van der Waals surface area contributed by atoms with Gasteiger partial charge in [0.15, 0.2) is 5.78 Å². The molecule has 0 fully saturated rings. The number of hydrogen-bond donors (Lipinski definition) is 1. The van der Waals surface area contributed by atoms with Crippen molar-refractivity contribution in [1.29, 1.82) is 0 Å². The summed E-state index contributed by atoms with van der Waals surface area (Å²) >= 11 is 0. The van der Waals surface area contributed by atoms with Crippen LogP contribution >= 0.6 is 0 Å². The fraction of sp³-hybridized carbons (Fsp3) is 0.222. The number of rotatable bonds is 8. The molecule has 0 radical (unpaired) electrons. The highest BCUT2D eigenvalue weighted by Gasteiger charge is 2.18. The topological polar surface area (TPSA) is 98.8 Å². The van der Waals surface area contributed by atoms with Crippen LogP contribution < -0.4 is 9.46 Å². The Balaban J connectivity index is 2.03. The van der Waals surface area contributed by atoms with E-state index in [0.717, 1.165) is 0 Å². The van der Waals surface area contributed by atoms with Crippen molar-refractivity contribution < 1.29 is 27.5 Å². The van der Waals surface area contributed by atoms with Gasteiger partial charge in [-0.25, -0.2) is 17.9 Å². The minimum atomic E-state index is -3.75. The van der Waals surface area contributed by atoms with Gasteiger partial charge in [0.2, 0.25) is 10.0 Å². The third kappa shape index (κ3) is 5.14. The van der Waals surface area contributed by atoms with Gasteiger partial charge in [0, 0.05) is 6.54 Å². The van der Waals surface area contributed by atoms with Gasteiger partial charge >= 0.3 is 5.97 Å². The molecule has 0 atom stereocenters. The molecule has 8 heteroatoms. The highest BCUT2D eigenvalue weighted by molar-refractivity contribution is 7.89. The number of benzene rings is 2. The van der Waals surface area contributed by atoms with E-state index in [1.165, 1.54) is 32.2 Å². The Morgan fingerprint density at radius 1 is 1.04 bits per heavy atom. The molecule has 2 rings (SSSR count). The molecule has 2 aromatic carbocycles. The Hall–Kier alpha value is -2.71. The Labute approximate surface area is 152 Å². The van der Waals surface area contributed by atoms with Crippen LogP contribution in [0.25, 0.3) is 0 Å². The van der Waals surface area contributed by atoms with Gasteiger partial charge in [-0.3, -0.25) is 4.79 Å². The first-order chi connectivity index (χ1) is 12.3. The fourth-order valence-corrected chi connectivity index (χ4v) is 3.29. The van der Waals surface area contributed by atoms with Crippen LogP contribution in [0.1, 0.15) is 22.8 Å². The Kier molecular flexibility index (Phi) is 6.48. The molecule has 0 amide bonds. The first-order valence-corrected chi connectivity index (χ1v) is 9.20. The van der Waals surface area contributed by atoms with Crippen LogP contribution in [0.15, 0.2) is 53.4 Å². The average molecular weight is 377 g/mol. The predicted octanol–water partition coefficient (Wildman–Crippen LogP) is 1.92. The van der Waals surface area contributed by atoms with Gasteiger partial charge in [0.05, 0.1) is 12.7 Å². The maximum absolute atomic E-state index is 12.4. The molecule has 0 unspecified atom stereocenters. The molecule has 0 spiro atoms. The third-order valence-electron chi connectivity index (χ3n) is 3.42. The zero-order valence-corrected chi connectivity index (χ0v) is 15.2. The molecule has 0 aliphatic carbocycles. The lowest BCUT2D eigenvalue weighted by molar-refractivity contribution is -0.120. The first kappa shape index (κ1) is 19.6. The number of carbonyl (C=O) groups is 2. The number of nitrogens with one attached hydrogen (secondary N) is 1. The molecule has 0 heterocycles. The van der Waals surface area contributed by atoms with E-state index >= 15 is 0 Å². The number of methoxy groups -OCH3 is 1.